The van der Waals surface area contributed by atoms with Crippen molar-refractivity contribution in [1.82, 2.24) is 15.2 Å². The van der Waals surface area contributed by atoms with Crippen LogP contribution in [-0.2, 0) is 16.1 Å². The number of hydrogen-bond acceptors (Lipinski definition) is 7. The molecule has 1 aromatic heterocycles. The summed E-state index contributed by atoms with van der Waals surface area (Å²) in [5, 5.41) is 9.03. The lowest BCUT2D eigenvalue weighted by Gasteiger charge is -2.25. The molecule has 2 saturated heterocycles. The summed E-state index contributed by atoms with van der Waals surface area (Å²) in [4.78, 5) is 18.9. The number of morpholine rings is 1. The van der Waals surface area contributed by atoms with Crippen molar-refractivity contribution < 1.29 is 9.53 Å². The molecule has 2 aliphatic rings. The van der Waals surface area contributed by atoms with Crippen molar-refractivity contribution >= 4 is 59.0 Å². The zero-order valence-electron chi connectivity index (χ0n) is 13.4. The lowest BCUT2D eigenvalue weighted by Crippen LogP contribution is -2.39. The fourth-order valence-electron chi connectivity index (χ4n) is 2.57. The number of carbonyl (C=O) groups is 1. The molecule has 1 aromatic rings. The Bertz CT molecular complexity index is 495. The molecule has 1 atom stereocenters. The van der Waals surface area contributed by atoms with E-state index in [9.17, 15) is 4.79 Å². The van der Waals surface area contributed by atoms with Crippen LogP contribution in [0.25, 0.3) is 0 Å². The van der Waals surface area contributed by atoms with Crippen LogP contribution in [0.2, 0.25) is 0 Å². The molecule has 6 nitrogen and oxygen atoms in total. The molecule has 3 rings (SSSR count). The number of carbonyl (C=O) groups excluding carboxylic acids is 1. The molecule has 2 aliphatic heterocycles. The van der Waals surface area contributed by atoms with Crippen molar-refractivity contribution in [3.05, 3.63) is 11.1 Å². The van der Waals surface area contributed by atoms with Crippen LogP contribution in [0, 0.1) is 0 Å². The van der Waals surface area contributed by atoms with Crippen LogP contribution in [0.4, 0.5) is 5.13 Å². The Morgan fingerprint density at radius 3 is 2.92 bits per heavy atom. The molecule has 1 unspecified atom stereocenters. The summed E-state index contributed by atoms with van der Waals surface area (Å²) >= 11 is 3.41. The van der Waals surface area contributed by atoms with Crippen LogP contribution in [0.5, 0.6) is 0 Å². The van der Waals surface area contributed by atoms with Gasteiger partial charge in [-0.3, -0.25) is 9.69 Å². The first-order valence-electron chi connectivity index (χ1n) is 7.65. The molecule has 0 saturated carbocycles. The molecule has 0 spiro atoms. The van der Waals surface area contributed by atoms with E-state index in [2.05, 4.69) is 20.5 Å². The van der Waals surface area contributed by atoms with Gasteiger partial charge in [0, 0.05) is 55.5 Å². The minimum atomic E-state index is 0. The van der Waals surface area contributed by atoms with Gasteiger partial charge in [-0.15, -0.1) is 36.2 Å². The number of anilines is 1. The maximum atomic E-state index is 12.1. The first-order chi connectivity index (χ1) is 10.8. The van der Waals surface area contributed by atoms with Gasteiger partial charge in [0.25, 0.3) is 0 Å². The van der Waals surface area contributed by atoms with Gasteiger partial charge in [-0.05, 0) is 0 Å². The second kappa shape index (κ2) is 11.5. The molecule has 2 fully saturated rings. The maximum absolute atomic E-state index is 12.1. The number of amides is 1. The Morgan fingerprint density at radius 2 is 2.21 bits per heavy atom. The molecular formula is C14H24Cl2N4O2S2. The molecule has 24 heavy (non-hydrogen) atoms. The topological polar surface area (TPSA) is 66.5 Å². The van der Waals surface area contributed by atoms with E-state index in [4.69, 9.17) is 4.74 Å². The molecule has 1 amide bonds. The quantitative estimate of drug-likeness (QED) is 0.765. The van der Waals surface area contributed by atoms with Crippen molar-refractivity contribution in [3.8, 4) is 0 Å². The summed E-state index contributed by atoms with van der Waals surface area (Å²) in [6.45, 7) is 5.30. The molecule has 10 heteroatoms. The Hall–Kier alpha value is -0.0900. The first kappa shape index (κ1) is 22.0. The fourth-order valence-corrected chi connectivity index (χ4v) is 4.24. The zero-order valence-corrected chi connectivity index (χ0v) is 16.6. The summed E-state index contributed by atoms with van der Waals surface area (Å²) < 4.78 is 5.34. The van der Waals surface area contributed by atoms with Crippen LogP contribution in [0.1, 0.15) is 12.1 Å². The second-order valence-electron chi connectivity index (χ2n) is 5.51. The van der Waals surface area contributed by atoms with Gasteiger partial charge in [0.15, 0.2) is 5.13 Å². The average molecular weight is 415 g/mol. The number of halogens is 2. The molecule has 0 bridgehead atoms. The van der Waals surface area contributed by atoms with Gasteiger partial charge in [-0.1, -0.05) is 0 Å². The molecule has 2 N–H and O–H groups in total. The van der Waals surface area contributed by atoms with E-state index in [1.54, 1.807) is 0 Å². The lowest BCUT2D eigenvalue weighted by atomic mass is 10.2. The predicted octanol–water partition coefficient (Wildman–Crippen LogP) is 1.85. The van der Waals surface area contributed by atoms with Crippen LogP contribution in [0.3, 0.4) is 0 Å². The number of hydrogen-bond donors (Lipinski definition) is 2. The number of thiazole rings is 1. The minimum absolute atomic E-state index is 0. The summed E-state index contributed by atoms with van der Waals surface area (Å²) in [6.07, 6.45) is 0.519. The maximum Gasteiger partial charge on any atom is 0.227 e. The van der Waals surface area contributed by atoms with E-state index in [-0.39, 0.29) is 36.8 Å². The number of ether oxygens (including phenoxy) is 1. The number of thioether (sulfide) groups is 1. The number of nitrogens with zero attached hydrogens (tertiary/aromatic N) is 2. The molecule has 0 aliphatic carbocycles. The van der Waals surface area contributed by atoms with Gasteiger partial charge in [0.2, 0.25) is 5.91 Å². The summed E-state index contributed by atoms with van der Waals surface area (Å²) in [5.74, 6) is 2.19. The van der Waals surface area contributed by atoms with E-state index >= 15 is 0 Å². The Balaban J connectivity index is 0.00000144. The Kier molecular flexibility index (Phi) is 10.5. The normalized spacial score (nSPS) is 21.4. The third-order valence-electron chi connectivity index (χ3n) is 3.72. The van der Waals surface area contributed by atoms with Gasteiger partial charge < -0.3 is 15.4 Å². The van der Waals surface area contributed by atoms with Crippen LogP contribution in [0.15, 0.2) is 5.38 Å². The smallest absolute Gasteiger partial charge is 0.227 e. The Morgan fingerprint density at radius 1 is 1.42 bits per heavy atom. The summed E-state index contributed by atoms with van der Waals surface area (Å²) in [6, 6.07) is 0.284. The van der Waals surface area contributed by atoms with Gasteiger partial charge >= 0.3 is 0 Å². The van der Waals surface area contributed by atoms with Crippen molar-refractivity contribution in [2.75, 3.05) is 49.7 Å². The predicted molar refractivity (Wildman–Crippen MR) is 105 cm³/mol. The van der Waals surface area contributed by atoms with Gasteiger partial charge in [-0.25, -0.2) is 4.98 Å². The molecule has 138 valence electrons. The third kappa shape index (κ3) is 7.03. The number of nitrogens with one attached hydrogen (secondary N) is 2. The third-order valence-corrected chi connectivity index (χ3v) is 5.66. The van der Waals surface area contributed by atoms with Crippen LogP contribution in [-0.4, -0.2) is 66.2 Å². The van der Waals surface area contributed by atoms with Crippen LogP contribution < -0.4 is 10.6 Å². The summed E-state index contributed by atoms with van der Waals surface area (Å²) in [7, 11) is 0. The molecular weight excluding hydrogens is 391 g/mol. The Labute approximate surface area is 163 Å². The van der Waals surface area contributed by atoms with Crippen molar-refractivity contribution in [1.29, 1.82) is 0 Å². The molecule has 0 radical (unpaired) electrons. The zero-order chi connectivity index (χ0) is 15.2. The second-order valence-corrected chi connectivity index (χ2v) is 7.52. The first-order valence-corrected chi connectivity index (χ1v) is 9.68. The van der Waals surface area contributed by atoms with Gasteiger partial charge in [0.1, 0.15) is 0 Å². The van der Waals surface area contributed by atoms with E-state index in [0.29, 0.717) is 11.6 Å². The fraction of sp³-hybridized carbons (Fsp3) is 0.714. The highest BCUT2D eigenvalue weighted by atomic mass is 35.5. The molecule has 0 aromatic carbocycles. The monoisotopic (exact) mass is 414 g/mol. The molecule has 3 heterocycles. The van der Waals surface area contributed by atoms with E-state index < -0.39 is 0 Å². The standard InChI is InChI=1S/C14H22N4O2S2.2ClH/c19-13(7-11-9-21-6-1-15-11)17-14-16-12(10-22-14)8-18-2-4-20-5-3-18;;/h10-11,15H,1-9H2,(H,16,17,19);2*1H. The highest BCUT2D eigenvalue weighted by molar-refractivity contribution is 7.99. The van der Waals surface area contributed by atoms with Crippen molar-refractivity contribution in [2.24, 2.45) is 0 Å². The highest BCUT2D eigenvalue weighted by Gasteiger charge is 2.18. The van der Waals surface area contributed by atoms with Crippen LogP contribution >= 0.6 is 47.9 Å². The van der Waals surface area contributed by atoms with E-state index in [1.165, 1.54) is 11.3 Å². The SMILES string of the molecule is Cl.Cl.O=C(CC1CSCCN1)Nc1nc(CN2CCOCC2)cs1. The van der Waals surface area contributed by atoms with Crippen molar-refractivity contribution in [3.63, 3.8) is 0 Å². The number of rotatable bonds is 5. The van der Waals surface area contributed by atoms with Gasteiger partial charge in [0.05, 0.1) is 18.9 Å². The summed E-state index contributed by atoms with van der Waals surface area (Å²) in [5.41, 5.74) is 1.02. The van der Waals surface area contributed by atoms with E-state index in [1.807, 2.05) is 17.1 Å². The largest absolute Gasteiger partial charge is 0.379 e. The van der Waals surface area contributed by atoms with Gasteiger partial charge in [-0.2, -0.15) is 11.8 Å². The average Bonchev–Trinajstić information content (AvgIpc) is 2.96. The van der Waals surface area contributed by atoms with Crippen molar-refractivity contribution in [2.45, 2.75) is 19.0 Å². The number of aromatic nitrogens is 1. The minimum Gasteiger partial charge on any atom is -0.379 e. The lowest BCUT2D eigenvalue weighted by molar-refractivity contribution is -0.116. The highest BCUT2D eigenvalue weighted by Crippen LogP contribution is 2.18. The van der Waals surface area contributed by atoms with E-state index in [0.717, 1.165) is 56.6 Å².